The third kappa shape index (κ3) is 4.58. The average molecular weight is 359 g/mol. The fourth-order valence-corrected chi connectivity index (χ4v) is 2.54. The highest BCUT2D eigenvalue weighted by molar-refractivity contribution is 9.10. The zero-order valence-corrected chi connectivity index (χ0v) is 12.7. The molecule has 5 heteroatoms. The summed E-state index contributed by atoms with van der Waals surface area (Å²) in [4.78, 5) is 0. The summed E-state index contributed by atoms with van der Waals surface area (Å²) in [5, 5.41) is 10.1. The Morgan fingerprint density at radius 3 is 2.14 bits per heavy atom. The maximum atomic E-state index is 12.5. The highest BCUT2D eigenvalue weighted by atomic mass is 79.9. The summed E-state index contributed by atoms with van der Waals surface area (Å²) >= 11 is 3.41. The van der Waals surface area contributed by atoms with Gasteiger partial charge in [0.2, 0.25) is 0 Å². The number of rotatable bonds is 4. The van der Waals surface area contributed by atoms with Crippen molar-refractivity contribution in [2.24, 2.45) is 0 Å². The van der Waals surface area contributed by atoms with Gasteiger partial charge in [0.25, 0.3) is 0 Å². The normalized spacial score (nSPS) is 13.2. The van der Waals surface area contributed by atoms with Crippen LogP contribution in [0.25, 0.3) is 0 Å². The summed E-state index contributed by atoms with van der Waals surface area (Å²) in [6.07, 6.45) is -4.20. The molecule has 0 saturated carbocycles. The van der Waals surface area contributed by atoms with Crippen molar-refractivity contribution >= 4 is 15.9 Å². The van der Waals surface area contributed by atoms with E-state index in [0.29, 0.717) is 18.4 Å². The van der Waals surface area contributed by atoms with Gasteiger partial charge < -0.3 is 5.11 Å². The van der Waals surface area contributed by atoms with Crippen LogP contribution < -0.4 is 0 Å². The molecule has 0 aliphatic carbocycles. The molecule has 21 heavy (non-hydrogen) atoms. The summed E-state index contributed by atoms with van der Waals surface area (Å²) in [7, 11) is 0. The minimum atomic E-state index is -4.33. The molecule has 2 aromatic rings. The van der Waals surface area contributed by atoms with Crippen LogP contribution in [0, 0.1) is 0 Å². The number of aliphatic hydroxyl groups excluding tert-OH is 1. The van der Waals surface area contributed by atoms with Gasteiger partial charge in [-0.15, -0.1) is 0 Å². The molecule has 0 aliphatic heterocycles. The van der Waals surface area contributed by atoms with E-state index in [2.05, 4.69) is 15.9 Å². The SMILES string of the molecule is OC(Cc1ccc(C(F)(F)F)cc1)Cc1ccccc1Br. The van der Waals surface area contributed by atoms with E-state index in [-0.39, 0.29) is 0 Å². The van der Waals surface area contributed by atoms with E-state index in [1.807, 2.05) is 24.3 Å². The van der Waals surface area contributed by atoms with Gasteiger partial charge in [0, 0.05) is 4.47 Å². The second-order valence-electron chi connectivity index (χ2n) is 4.85. The Labute approximate surface area is 129 Å². The predicted octanol–water partition coefficient (Wildman–Crippen LogP) is 4.61. The van der Waals surface area contributed by atoms with Gasteiger partial charge in [0.1, 0.15) is 0 Å². The minimum Gasteiger partial charge on any atom is -0.392 e. The Balaban J connectivity index is 2.00. The topological polar surface area (TPSA) is 20.2 Å². The molecule has 0 saturated heterocycles. The molecular formula is C16H14BrF3O. The van der Waals surface area contributed by atoms with Crippen molar-refractivity contribution in [1.82, 2.24) is 0 Å². The zero-order chi connectivity index (χ0) is 15.5. The van der Waals surface area contributed by atoms with Crippen LogP contribution in [-0.4, -0.2) is 11.2 Å². The molecule has 0 heterocycles. The second kappa shape index (κ2) is 6.62. The molecule has 1 nitrogen and oxygen atoms in total. The summed E-state index contributed by atoms with van der Waals surface area (Å²) in [5.41, 5.74) is 0.978. The standard InChI is InChI=1S/C16H14BrF3O/c17-15-4-2-1-3-12(15)10-14(21)9-11-5-7-13(8-6-11)16(18,19)20/h1-8,14,21H,9-10H2. The quantitative estimate of drug-likeness (QED) is 0.845. The van der Waals surface area contributed by atoms with Crippen LogP contribution in [0.2, 0.25) is 0 Å². The molecule has 0 aliphatic rings. The maximum Gasteiger partial charge on any atom is 0.416 e. The highest BCUT2D eigenvalue weighted by Gasteiger charge is 2.29. The highest BCUT2D eigenvalue weighted by Crippen LogP contribution is 2.29. The Bertz CT molecular complexity index is 593. The Kier molecular flexibility index (Phi) is 5.06. The van der Waals surface area contributed by atoms with Gasteiger partial charge in [-0.3, -0.25) is 0 Å². The first-order valence-electron chi connectivity index (χ1n) is 6.44. The third-order valence-electron chi connectivity index (χ3n) is 3.17. The Morgan fingerprint density at radius 2 is 1.57 bits per heavy atom. The first kappa shape index (κ1) is 16.0. The molecule has 1 atom stereocenters. The first-order valence-corrected chi connectivity index (χ1v) is 7.23. The van der Waals surface area contributed by atoms with Gasteiger partial charge in [0.05, 0.1) is 11.7 Å². The number of aliphatic hydroxyl groups is 1. The van der Waals surface area contributed by atoms with Crippen molar-refractivity contribution in [3.05, 3.63) is 69.7 Å². The van der Waals surface area contributed by atoms with Crippen LogP contribution in [-0.2, 0) is 19.0 Å². The molecule has 112 valence electrons. The molecule has 1 N–H and O–H groups in total. The smallest absolute Gasteiger partial charge is 0.392 e. The monoisotopic (exact) mass is 358 g/mol. The van der Waals surface area contributed by atoms with Crippen molar-refractivity contribution < 1.29 is 18.3 Å². The molecule has 1 unspecified atom stereocenters. The molecule has 0 spiro atoms. The summed E-state index contributed by atoms with van der Waals surface area (Å²) in [6.45, 7) is 0. The van der Waals surface area contributed by atoms with Crippen LogP contribution in [0.5, 0.6) is 0 Å². The minimum absolute atomic E-state index is 0.319. The van der Waals surface area contributed by atoms with Crippen molar-refractivity contribution in [3.63, 3.8) is 0 Å². The van der Waals surface area contributed by atoms with E-state index in [0.717, 1.165) is 22.2 Å². The largest absolute Gasteiger partial charge is 0.416 e. The number of benzene rings is 2. The van der Waals surface area contributed by atoms with Crippen LogP contribution in [0.4, 0.5) is 13.2 Å². The van der Waals surface area contributed by atoms with E-state index in [9.17, 15) is 18.3 Å². The van der Waals surface area contributed by atoms with Crippen LogP contribution in [0.1, 0.15) is 16.7 Å². The van der Waals surface area contributed by atoms with Crippen molar-refractivity contribution in [2.75, 3.05) is 0 Å². The number of hydrogen-bond acceptors (Lipinski definition) is 1. The molecule has 0 radical (unpaired) electrons. The fourth-order valence-electron chi connectivity index (χ4n) is 2.09. The van der Waals surface area contributed by atoms with E-state index < -0.39 is 17.8 Å². The molecule has 0 aromatic heterocycles. The van der Waals surface area contributed by atoms with Crippen LogP contribution in [0.3, 0.4) is 0 Å². The lowest BCUT2D eigenvalue weighted by molar-refractivity contribution is -0.137. The summed E-state index contributed by atoms with van der Waals surface area (Å²) in [5.74, 6) is 0. The molecule has 0 fully saturated rings. The molecular weight excluding hydrogens is 345 g/mol. The molecule has 2 aromatic carbocycles. The summed E-state index contributed by atoms with van der Waals surface area (Å²) in [6, 6.07) is 12.5. The Hall–Kier alpha value is -1.33. The first-order chi connectivity index (χ1) is 9.86. The van der Waals surface area contributed by atoms with Gasteiger partial charge in [-0.05, 0) is 42.2 Å². The van der Waals surface area contributed by atoms with E-state index in [4.69, 9.17) is 0 Å². The molecule has 0 bridgehead atoms. The third-order valence-corrected chi connectivity index (χ3v) is 3.94. The molecule has 2 rings (SSSR count). The lowest BCUT2D eigenvalue weighted by Crippen LogP contribution is -2.14. The van der Waals surface area contributed by atoms with Gasteiger partial charge in [0.15, 0.2) is 0 Å². The van der Waals surface area contributed by atoms with Gasteiger partial charge in [-0.25, -0.2) is 0 Å². The van der Waals surface area contributed by atoms with E-state index in [1.54, 1.807) is 0 Å². The van der Waals surface area contributed by atoms with Crippen LogP contribution in [0.15, 0.2) is 53.0 Å². The van der Waals surface area contributed by atoms with E-state index >= 15 is 0 Å². The van der Waals surface area contributed by atoms with Crippen LogP contribution >= 0.6 is 15.9 Å². The number of hydrogen-bond donors (Lipinski definition) is 1. The van der Waals surface area contributed by atoms with Gasteiger partial charge in [-0.1, -0.05) is 46.3 Å². The maximum absolute atomic E-state index is 12.5. The van der Waals surface area contributed by atoms with Gasteiger partial charge >= 0.3 is 6.18 Å². The lowest BCUT2D eigenvalue weighted by Gasteiger charge is -2.13. The van der Waals surface area contributed by atoms with E-state index in [1.165, 1.54) is 12.1 Å². The Morgan fingerprint density at radius 1 is 0.952 bits per heavy atom. The summed E-state index contributed by atoms with van der Waals surface area (Å²) < 4.78 is 38.3. The molecule has 0 amide bonds. The van der Waals surface area contributed by atoms with Gasteiger partial charge in [-0.2, -0.15) is 13.2 Å². The second-order valence-corrected chi connectivity index (χ2v) is 5.70. The zero-order valence-electron chi connectivity index (χ0n) is 11.1. The lowest BCUT2D eigenvalue weighted by atomic mass is 10.0. The van der Waals surface area contributed by atoms with Crippen molar-refractivity contribution in [1.29, 1.82) is 0 Å². The number of halogens is 4. The van der Waals surface area contributed by atoms with Crippen molar-refractivity contribution in [3.8, 4) is 0 Å². The fraction of sp³-hybridized carbons (Fsp3) is 0.250. The average Bonchev–Trinajstić information content (AvgIpc) is 2.41. The number of alkyl halides is 3. The predicted molar refractivity (Wildman–Crippen MR) is 79.0 cm³/mol. The van der Waals surface area contributed by atoms with Crippen molar-refractivity contribution in [2.45, 2.75) is 25.1 Å².